The predicted molar refractivity (Wildman–Crippen MR) is 44.6 cm³/mol. The second-order valence-corrected chi connectivity index (χ2v) is 2.82. The van der Waals surface area contributed by atoms with Crippen LogP contribution in [-0.4, -0.2) is 7.11 Å². The third-order valence-corrected chi connectivity index (χ3v) is 1.65. The highest BCUT2D eigenvalue weighted by molar-refractivity contribution is 9.10. The molecule has 1 aromatic carbocycles. The summed E-state index contributed by atoms with van der Waals surface area (Å²) in [6.07, 6.45) is 0. The lowest BCUT2D eigenvalue weighted by molar-refractivity contribution is 0.292. The van der Waals surface area contributed by atoms with E-state index in [9.17, 15) is 0 Å². The van der Waals surface area contributed by atoms with Gasteiger partial charge in [0.1, 0.15) is 6.61 Å². The van der Waals surface area contributed by atoms with Crippen molar-refractivity contribution in [2.75, 3.05) is 7.11 Å². The van der Waals surface area contributed by atoms with Crippen molar-refractivity contribution in [3.8, 4) is 0 Å². The molecule has 0 bridgehead atoms. The summed E-state index contributed by atoms with van der Waals surface area (Å²) in [4.78, 5) is 0. The highest BCUT2D eigenvalue weighted by Crippen LogP contribution is 2.11. The van der Waals surface area contributed by atoms with Crippen molar-refractivity contribution in [2.24, 2.45) is 0 Å². The lowest BCUT2D eigenvalue weighted by Crippen LogP contribution is -1.81. The second kappa shape index (κ2) is 3.74. The van der Waals surface area contributed by atoms with Crippen molar-refractivity contribution in [1.29, 1.82) is 0 Å². The van der Waals surface area contributed by atoms with Gasteiger partial charge in [0.15, 0.2) is 0 Å². The van der Waals surface area contributed by atoms with Crippen LogP contribution in [0.1, 0.15) is 5.56 Å². The largest absolute Gasteiger partial charge is 0.374 e. The number of benzene rings is 1. The van der Waals surface area contributed by atoms with E-state index in [1.165, 1.54) is 0 Å². The SMILES string of the molecule is CO[CH]c1ccc(Br)cc1. The fraction of sp³-hybridized carbons (Fsp3) is 0.125. The van der Waals surface area contributed by atoms with Gasteiger partial charge in [0.2, 0.25) is 0 Å². The second-order valence-electron chi connectivity index (χ2n) is 1.91. The normalized spacial score (nSPS) is 9.80. The van der Waals surface area contributed by atoms with Crippen LogP contribution in [0.15, 0.2) is 28.7 Å². The molecule has 1 nitrogen and oxygen atoms in total. The maximum atomic E-state index is 4.83. The molecule has 53 valence electrons. The van der Waals surface area contributed by atoms with Crippen molar-refractivity contribution >= 4 is 15.9 Å². The van der Waals surface area contributed by atoms with Crippen LogP contribution in [0.5, 0.6) is 0 Å². The Kier molecular flexibility index (Phi) is 2.90. The Morgan fingerprint density at radius 2 is 1.90 bits per heavy atom. The molecule has 0 saturated heterocycles. The Hall–Kier alpha value is -0.340. The van der Waals surface area contributed by atoms with Gasteiger partial charge in [-0.15, -0.1) is 0 Å². The number of hydrogen-bond donors (Lipinski definition) is 0. The Bertz CT molecular complexity index is 193. The van der Waals surface area contributed by atoms with E-state index in [1.54, 1.807) is 13.7 Å². The first-order valence-electron chi connectivity index (χ1n) is 2.94. The topological polar surface area (TPSA) is 9.23 Å². The van der Waals surface area contributed by atoms with Crippen molar-refractivity contribution in [3.05, 3.63) is 40.9 Å². The van der Waals surface area contributed by atoms with E-state index in [-0.39, 0.29) is 0 Å². The maximum Gasteiger partial charge on any atom is 0.112 e. The highest BCUT2D eigenvalue weighted by atomic mass is 79.9. The fourth-order valence-electron chi connectivity index (χ4n) is 0.677. The molecule has 0 aromatic heterocycles. The van der Waals surface area contributed by atoms with Gasteiger partial charge in [-0.25, -0.2) is 0 Å². The number of methoxy groups -OCH3 is 1. The van der Waals surface area contributed by atoms with Gasteiger partial charge in [-0.1, -0.05) is 28.1 Å². The Morgan fingerprint density at radius 3 is 2.40 bits per heavy atom. The van der Waals surface area contributed by atoms with E-state index in [0.717, 1.165) is 10.0 Å². The van der Waals surface area contributed by atoms with Crippen LogP contribution >= 0.6 is 15.9 Å². The average Bonchev–Trinajstić information content (AvgIpc) is 1.95. The van der Waals surface area contributed by atoms with Crippen LogP contribution in [0.4, 0.5) is 0 Å². The van der Waals surface area contributed by atoms with E-state index in [4.69, 9.17) is 4.74 Å². The Balaban J connectivity index is 2.69. The third kappa shape index (κ3) is 2.12. The third-order valence-electron chi connectivity index (χ3n) is 1.12. The summed E-state index contributed by atoms with van der Waals surface area (Å²) in [7, 11) is 1.64. The monoisotopic (exact) mass is 199 g/mol. The van der Waals surface area contributed by atoms with Gasteiger partial charge in [0.05, 0.1) is 0 Å². The molecular weight excluding hydrogens is 192 g/mol. The van der Waals surface area contributed by atoms with Gasteiger partial charge in [-0.3, -0.25) is 0 Å². The molecule has 1 rings (SSSR count). The van der Waals surface area contributed by atoms with Gasteiger partial charge in [-0.2, -0.15) is 0 Å². The molecule has 0 aliphatic rings. The standard InChI is InChI=1S/C8H8BrO/c1-10-6-7-2-4-8(9)5-3-7/h2-6H,1H3. The van der Waals surface area contributed by atoms with E-state index < -0.39 is 0 Å². The molecule has 0 atom stereocenters. The van der Waals surface area contributed by atoms with E-state index in [1.807, 2.05) is 24.3 Å². The lowest BCUT2D eigenvalue weighted by atomic mass is 10.2. The zero-order chi connectivity index (χ0) is 7.40. The zero-order valence-electron chi connectivity index (χ0n) is 5.67. The molecule has 0 N–H and O–H groups in total. The lowest BCUT2D eigenvalue weighted by Gasteiger charge is -1.96. The van der Waals surface area contributed by atoms with Crippen LogP contribution < -0.4 is 0 Å². The molecular formula is C8H8BrO. The van der Waals surface area contributed by atoms with Gasteiger partial charge < -0.3 is 4.74 Å². The molecule has 0 saturated carbocycles. The molecule has 2 heteroatoms. The summed E-state index contributed by atoms with van der Waals surface area (Å²) in [6.45, 7) is 1.70. The van der Waals surface area contributed by atoms with Crippen LogP contribution in [-0.2, 0) is 4.74 Å². The van der Waals surface area contributed by atoms with Crippen LogP contribution in [0.25, 0.3) is 0 Å². The van der Waals surface area contributed by atoms with Crippen molar-refractivity contribution in [1.82, 2.24) is 0 Å². The van der Waals surface area contributed by atoms with Gasteiger partial charge >= 0.3 is 0 Å². The summed E-state index contributed by atoms with van der Waals surface area (Å²) in [5.74, 6) is 0. The minimum atomic E-state index is 1.07. The van der Waals surface area contributed by atoms with Crippen molar-refractivity contribution in [3.63, 3.8) is 0 Å². The van der Waals surface area contributed by atoms with Crippen LogP contribution in [0.2, 0.25) is 0 Å². The first-order valence-corrected chi connectivity index (χ1v) is 3.74. The molecule has 0 fully saturated rings. The summed E-state index contributed by atoms with van der Waals surface area (Å²) < 4.78 is 5.91. The zero-order valence-corrected chi connectivity index (χ0v) is 7.26. The van der Waals surface area contributed by atoms with E-state index in [0.29, 0.717) is 0 Å². The van der Waals surface area contributed by atoms with E-state index >= 15 is 0 Å². The smallest absolute Gasteiger partial charge is 0.112 e. The number of halogens is 1. The summed E-state index contributed by atoms with van der Waals surface area (Å²) in [5, 5.41) is 0. The highest BCUT2D eigenvalue weighted by Gasteiger charge is 1.90. The Morgan fingerprint density at radius 1 is 1.30 bits per heavy atom. The average molecular weight is 200 g/mol. The van der Waals surface area contributed by atoms with Gasteiger partial charge in [0, 0.05) is 11.6 Å². The van der Waals surface area contributed by atoms with E-state index in [2.05, 4.69) is 15.9 Å². The molecule has 0 amide bonds. The number of hydrogen-bond acceptors (Lipinski definition) is 1. The molecule has 0 spiro atoms. The van der Waals surface area contributed by atoms with Gasteiger partial charge in [0.25, 0.3) is 0 Å². The minimum absolute atomic E-state index is 1.07. The molecule has 10 heavy (non-hydrogen) atoms. The van der Waals surface area contributed by atoms with Crippen molar-refractivity contribution in [2.45, 2.75) is 0 Å². The molecule has 0 heterocycles. The first-order chi connectivity index (χ1) is 4.83. The quantitative estimate of drug-likeness (QED) is 0.712. The predicted octanol–water partition coefficient (Wildman–Crippen LogP) is 2.61. The maximum absolute atomic E-state index is 4.83. The molecule has 1 radical (unpaired) electrons. The first kappa shape index (κ1) is 7.76. The summed E-state index contributed by atoms with van der Waals surface area (Å²) in [6, 6.07) is 7.91. The molecule has 1 aromatic rings. The fourth-order valence-corrected chi connectivity index (χ4v) is 0.942. The van der Waals surface area contributed by atoms with Crippen molar-refractivity contribution < 1.29 is 4.74 Å². The van der Waals surface area contributed by atoms with Crippen LogP contribution in [0, 0.1) is 6.61 Å². The Labute approximate surface area is 69.1 Å². The van der Waals surface area contributed by atoms with Gasteiger partial charge in [-0.05, 0) is 17.7 Å². The number of rotatable bonds is 2. The molecule has 0 aliphatic heterocycles. The summed E-state index contributed by atoms with van der Waals surface area (Å²) >= 11 is 3.34. The summed E-state index contributed by atoms with van der Waals surface area (Å²) in [5.41, 5.74) is 1.07. The minimum Gasteiger partial charge on any atom is -0.374 e. The van der Waals surface area contributed by atoms with Crippen LogP contribution in [0.3, 0.4) is 0 Å². The molecule has 0 aliphatic carbocycles. The number of ether oxygens (including phenoxy) is 1. The molecule has 0 unspecified atom stereocenters.